The van der Waals surface area contributed by atoms with Gasteiger partial charge in [0.15, 0.2) is 0 Å². The number of thiazole rings is 1. The fourth-order valence-corrected chi connectivity index (χ4v) is 5.76. The van der Waals surface area contributed by atoms with E-state index in [4.69, 9.17) is 5.21 Å². The summed E-state index contributed by atoms with van der Waals surface area (Å²) in [5.74, 6) is -0.806. The molecule has 2 N–H and O–H groups in total. The van der Waals surface area contributed by atoms with Gasteiger partial charge in [-0.2, -0.15) is 4.31 Å². The average Bonchev–Trinajstić information content (AvgIpc) is 3.02. The summed E-state index contributed by atoms with van der Waals surface area (Å²) in [6, 6.07) is 6.17. The molecule has 1 aromatic carbocycles. The van der Waals surface area contributed by atoms with Crippen molar-refractivity contribution in [1.29, 1.82) is 0 Å². The molecule has 0 bridgehead atoms. The highest BCUT2D eigenvalue weighted by Crippen LogP contribution is 2.30. The maximum absolute atomic E-state index is 13.3. The third-order valence-electron chi connectivity index (χ3n) is 4.05. The van der Waals surface area contributed by atoms with E-state index in [0.717, 1.165) is 16.0 Å². The number of sulfonamides is 1. The first kappa shape index (κ1) is 20.8. The van der Waals surface area contributed by atoms with E-state index in [1.54, 1.807) is 31.5 Å². The van der Waals surface area contributed by atoms with Gasteiger partial charge in [0.05, 0.1) is 10.2 Å². The summed E-state index contributed by atoms with van der Waals surface area (Å²) in [5.41, 5.74) is 2.21. The summed E-state index contributed by atoms with van der Waals surface area (Å²) in [4.78, 5) is 16.5. The maximum atomic E-state index is 13.3. The number of nitrogens with zero attached hydrogens (tertiary/aromatic N) is 2. The van der Waals surface area contributed by atoms with Crippen LogP contribution >= 0.6 is 11.3 Å². The van der Waals surface area contributed by atoms with Crippen LogP contribution in [0.2, 0.25) is 0 Å². The zero-order valence-electron chi connectivity index (χ0n) is 15.3. The molecule has 2 rings (SSSR count). The summed E-state index contributed by atoms with van der Waals surface area (Å²) in [6.07, 6.45) is 0.589. The first-order chi connectivity index (χ1) is 12.2. The lowest BCUT2D eigenvalue weighted by molar-refractivity contribution is -0.134. The van der Waals surface area contributed by atoms with E-state index in [-0.39, 0.29) is 22.7 Å². The van der Waals surface area contributed by atoms with Crippen molar-refractivity contribution in [3.63, 3.8) is 0 Å². The molecule has 1 aromatic heterocycles. The number of hydrogen-bond donors (Lipinski definition) is 2. The standard InChI is InChI=1S/C17H25N3O4S2/c1-11(2)9-10-20(15(12(3)4)16(21)19-22)26(23,24)17-18-13-7-5-6-8-14(13)25-17/h5-8,11-12,15,22H,9-10H2,1-4H3,(H,19,21). The van der Waals surface area contributed by atoms with E-state index in [1.165, 1.54) is 4.31 Å². The van der Waals surface area contributed by atoms with Gasteiger partial charge in [-0.1, -0.05) is 39.8 Å². The molecule has 7 nitrogen and oxygen atoms in total. The number of benzene rings is 1. The molecule has 0 spiro atoms. The molecule has 1 unspecified atom stereocenters. The third kappa shape index (κ3) is 4.40. The van der Waals surface area contributed by atoms with Crippen molar-refractivity contribution in [1.82, 2.24) is 14.8 Å². The number of nitrogens with one attached hydrogen (secondary N) is 1. The van der Waals surface area contributed by atoms with Crippen molar-refractivity contribution in [2.75, 3.05) is 6.54 Å². The van der Waals surface area contributed by atoms with Gasteiger partial charge in [0.25, 0.3) is 15.9 Å². The molecule has 0 saturated carbocycles. The largest absolute Gasteiger partial charge is 0.289 e. The molecule has 2 aromatic rings. The van der Waals surface area contributed by atoms with E-state index in [9.17, 15) is 13.2 Å². The van der Waals surface area contributed by atoms with Crippen molar-refractivity contribution in [3.8, 4) is 0 Å². The van der Waals surface area contributed by atoms with E-state index in [1.807, 2.05) is 26.0 Å². The molecular formula is C17H25N3O4S2. The van der Waals surface area contributed by atoms with Crippen LogP contribution in [0.4, 0.5) is 0 Å². The number of hydrogen-bond acceptors (Lipinski definition) is 6. The molecule has 0 saturated heterocycles. The number of hydroxylamine groups is 1. The van der Waals surface area contributed by atoms with Gasteiger partial charge in [-0.05, 0) is 30.4 Å². The van der Waals surface area contributed by atoms with Crippen molar-refractivity contribution < 1.29 is 18.4 Å². The number of carbonyl (C=O) groups excluding carboxylic acids is 1. The summed E-state index contributed by atoms with van der Waals surface area (Å²) in [6.45, 7) is 7.64. The Morgan fingerprint density at radius 2 is 1.92 bits per heavy atom. The van der Waals surface area contributed by atoms with Gasteiger partial charge in [-0.3, -0.25) is 10.0 Å². The predicted molar refractivity (Wildman–Crippen MR) is 102 cm³/mol. The van der Waals surface area contributed by atoms with Crippen LogP contribution in [0, 0.1) is 11.8 Å². The fourth-order valence-electron chi connectivity index (χ4n) is 2.69. The second-order valence-corrected chi connectivity index (χ2v) is 10.0. The molecule has 0 aliphatic carbocycles. The SMILES string of the molecule is CC(C)CCN(C(C(=O)NO)C(C)C)S(=O)(=O)c1nc2ccccc2s1. The Bertz CT molecular complexity index is 829. The molecule has 0 aliphatic heterocycles. The number of rotatable bonds is 8. The quantitative estimate of drug-likeness (QED) is 0.525. The van der Waals surface area contributed by atoms with Gasteiger partial charge in [0, 0.05) is 6.54 Å². The molecule has 9 heteroatoms. The lowest BCUT2D eigenvalue weighted by Crippen LogP contribution is -2.52. The Morgan fingerprint density at radius 1 is 1.27 bits per heavy atom. The van der Waals surface area contributed by atoms with Gasteiger partial charge >= 0.3 is 0 Å². The molecule has 144 valence electrons. The fraction of sp³-hybridized carbons (Fsp3) is 0.529. The van der Waals surface area contributed by atoms with Crippen LogP contribution in [0.25, 0.3) is 10.2 Å². The predicted octanol–water partition coefficient (Wildman–Crippen LogP) is 2.86. The molecule has 1 amide bonds. The third-order valence-corrected chi connectivity index (χ3v) is 7.32. The monoisotopic (exact) mass is 399 g/mol. The molecule has 1 atom stereocenters. The highest BCUT2D eigenvalue weighted by molar-refractivity contribution is 7.91. The van der Waals surface area contributed by atoms with E-state index in [0.29, 0.717) is 11.9 Å². The van der Waals surface area contributed by atoms with E-state index >= 15 is 0 Å². The van der Waals surface area contributed by atoms with Gasteiger partial charge in [-0.15, -0.1) is 11.3 Å². The number of fused-ring (bicyclic) bond motifs is 1. The first-order valence-corrected chi connectivity index (χ1v) is 10.8. The van der Waals surface area contributed by atoms with Crippen LogP contribution in [0.15, 0.2) is 28.6 Å². The van der Waals surface area contributed by atoms with Crippen LogP contribution < -0.4 is 5.48 Å². The summed E-state index contributed by atoms with van der Waals surface area (Å²) in [5, 5.41) is 9.10. The topological polar surface area (TPSA) is 99.6 Å². The molecule has 26 heavy (non-hydrogen) atoms. The Kier molecular flexibility index (Phi) is 6.73. The lowest BCUT2D eigenvalue weighted by Gasteiger charge is -2.31. The van der Waals surface area contributed by atoms with E-state index in [2.05, 4.69) is 4.98 Å². The van der Waals surface area contributed by atoms with Gasteiger partial charge in [-0.25, -0.2) is 18.9 Å². The van der Waals surface area contributed by atoms with Gasteiger partial charge < -0.3 is 0 Å². The smallest absolute Gasteiger partial charge is 0.271 e. The Labute approximate surface area is 158 Å². The molecule has 1 heterocycles. The van der Waals surface area contributed by atoms with Crippen molar-refractivity contribution >= 4 is 37.5 Å². The second kappa shape index (κ2) is 8.43. The average molecular weight is 400 g/mol. The molecular weight excluding hydrogens is 374 g/mol. The zero-order chi connectivity index (χ0) is 19.5. The van der Waals surface area contributed by atoms with Crippen LogP contribution in [-0.4, -0.2) is 41.4 Å². The van der Waals surface area contributed by atoms with Crippen molar-refractivity contribution in [2.45, 2.75) is 44.5 Å². The minimum atomic E-state index is -3.99. The Morgan fingerprint density at radius 3 is 2.46 bits per heavy atom. The summed E-state index contributed by atoms with van der Waals surface area (Å²) >= 11 is 1.08. The highest BCUT2D eigenvalue weighted by atomic mass is 32.2. The lowest BCUT2D eigenvalue weighted by atomic mass is 10.0. The van der Waals surface area contributed by atoms with Crippen LogP contribution in [0.3, 0.4) is 0 Å². The zero-order valence-corrected chi connectivity index (χ0v) is 17.0. The van der Waals surface area contributed by atoms with Gasteiger partial charge in [0.1, 0.15) is 6.04 Å². The van der Waals surface area contributed by atoms with Gasteiger partial charge in [0.2, 0.25) is 4.34 Å². The Balaban J connectivity index is 2.52. The number of carbonyl (C=O) groups is 1. The van der Waals surface area contributed by atoms with Crippen LogP contribution in [0.5, 0.6) is 0 Å². The van der Waals surface area contributed by atoms with Crippen molar-refractivity contribution in [3.05, 3.63) is 24.3 Å². The number of aromatic nitrogens is 1. The molecule has 0 radical (unpaired) electrons. The number of amides is 1. The second-order valence-electron chi connectivity index (χ2n) is 6.91. The van der Waals surface area contributed by atoms with Crippen LogP contribution in [-0.2, 0) is 14.8 Å². The first-order valence-electron chi connectivity index (χ1n) is 8.49. The maximum Gasteiger partial charge on any atom is 0.271 e. The normalized spacial score (nSPS) is 13.7. The molecule has 0 aliphatic rings. The summed E-state index contributed by atoms with van der Waals surface area (Å²) < 4.78 is 28.5. The van der Waals surface area contributed by atoms with E-state index < -0.39 is 22.0 Å². The number of para-hydroxylation sites is 1. The minimum Gasteiger partial charge on any atom is -0.289 e. The Hall–Kier alpha value is -1.55. The van der Waals surface area contributed by atoms with Crippen molar-refractivity contribution in [2.24, 2.45) is 11.8 Å². The minimum absolute atomic E-state index is 0.0427. The summed E-state index contributed by atoms with van der Waals surface area (Å²) in [7, 11) is -3.99. The van der Waals surface area contributed by atoms with Crippen LogP contribution in [0.1, 0.15) is 34.1 Å². The molecule has 0 fully saturated rings. The highest BCUT2D eigenvalue weighted by Gasteiger charge is 2.39.